The highest BCUT2D eigenvalue weighted by molar-refractivity contribution is 9.10. The van der Waals surface area contributed by atoms with Gasteiger partial charge in [0, 0.05) is 17.4 Å². The molecule has 0 unspecified atom stereocenters. The van der Waals surface area contributed by atoms with Gasteiger partial charge in [-0.25, -0.2) is 0 Å². The van der Waals surface area contributed by atoms with E-state index in [1.54, 1.807) is 0 Å². The SMILES string of the molecule is NCCCNc1cn[nH]c1Cc1ccc(Br)cc1. The minimum atomic E-state index is 0.701. The monoisotopic (exact) mass is 308 g/mol. The number of aromatic nitrogens is 2. The Hall–Kier alpha value is -1.33. The maximum atomic E-state index is 5.48. The molecular weight excluding hydrogens is 292 g/mol. The molecule has 0 amide bonds. The number of nitrogens with two attached hydrogens (primary N) is 1. The number of H-pyrrole nitrogens is 1. The van der Waals surface area contributed by atoms with Crippen LogP contribution in [0.1, 0.15) is 17.7 Å². The van der Waals surface area contributed by atoms with E-state index in [-0.39, 0.29) is 0 Å². The van der Waals surface area contributed by atoms with Gasteiger partial charge >= 0.3 is 0 Å². The number of hydrogen-bond acceptors (Lipinski definition) is 3. The van der Waals surface area contributed by atoms with Crippen molar-refractivity contribution in [2.24, 2.45) is 5.73 Å². The van der Waals surface area contributed by atoms with Gasteiger partial charge in [0.2, 0.25) is 0 Å². The molecule has 1 aromatic heterocycles. The van der Waals surface area contributed by atoms with Crippen molar-refractivity contribution >= 4 is 21.6 Å². The lowest BCUT2D eigenvalue weighted by Gasteiger charge is -2.06. The fourth-order valence-corrected chi connectivity index (χ4v) is 2.00. The highest BCUT2D eigenvalue weighted by Gasteiger charge is 2.05. The fourth-order valence-electron chi connectivity index (χ4n) is 1.73. The molecule has 0 spiro atoms. The van der Waals surface area contributed by atoms with Crippen LogP contribution in [0, 0.1) is 0 Å². The van der Waals surface area contributed by atoms with Gasteiger partial charge in [-0.1, -0.05) is 28.1 Å². The van der Waals surface area contributed by atoms with E-state index in [1.165, 1.54) is 5.56 Å². The van der Waals surface area contributed by atoms with E-state index in [1.807, 2.05) is 18.3 Å². The number of nitrogens with zero attached hydrogens (tertiary/aromatic N) is 1. The summed E-state index contributed by atoms with van der Waals surface area (Å²) in [6.07, 6.45) is 3.63. The van der Waals surface area contributed by atoms with Crippen molar-refractivity contribution < 1.29 is 0 Å². The molecule has 4 nitrogen and oxygen atoms in total. The Morgan fingerprint density at radius 1 is 1.28 bits per heavy atom. The van der Waals surface area contributed by atoms with Gasteiger partial charge in [0.15, 0.2) is 0 Å². The van der Waals surface area contributed by atoms with Crippen LogP contribution in [0.15, 0.2) is 34.9 Å². The minimum absolute atomic E-state index is 0.701. The first-order chi connectivity index (χ1) is 8.79. The third-order valence-electron chi connectivity index (χ3n) is 2.71. The molecule has 96 valence electrons. The van der Waals surface area contributed by atoms with E-state index >= 15 is 0 Å². The highest BCUT2D eigenvalue weighted by Crippen LogP contribution is 2.18. The summed E-state index contributed by atoms with van der Waals surface area (Å²) < 4.78 is 1.09. The van der Waals surface area contributed by atoms with Gasteiger partial charge < -0.3 is 11.1 Å². The van der Waals surface area contributed by atoms with E-state index in [4.69, 9.17) is 5.73 Å². The smallest absolute Gasteiger partial charge is 0.0759 e. The fraction of sp³-hybridized carbons (Fsp3) is 0.308. The zero-order valence-electron chi connectivity index (χ0n) is 10.1. The second kappa shape index (κ2) is 6.56. The second-order valence-electron chi connectivity index (χ2n) is 4.13. The quantitative estimate of drug-likeness (QED) is 0.718. The molecule has 0 saturated heterocycles. The van der Waals surface area contributed by atoms with Crippen molar-refractivity contribution in [2.45, 2.75) is 12.8 Å². The van der Waals surface area contributed by atoms with Crippen LogP contribution >= 0.6 is 15.9 Å². The Morgan fingerprint density at radius 3 is 2.78 bits per heavy atom. The van der Waals surface area contributed by atoms with E-state index in [9.17, 15) is 0 Å². The van der Waals surface area contributed by atoms with Crippen molar-refractivity contribution in [3.8, 4) is 0 Å². The van der Waals surface area contributed by atoms with Crippen LogP contribution in [0.5, 0.6) is 0 Å². The summed E-state index contributed by atoms with van der Waals surface area (Å²) in [4.78, 5) is 0. The summed E-state index contributed by atoms with van der Waals surface area (Å²) in [7, 11) is 0. The molecule has 0 aliphatic rings. The maximum absolute atomic E-state index is 5.48. The molecule has 2 rings (SSSR count). The zero-order chi connectivity index (χ0) is 12.8. The summed E-state index contributed by atoms with van der Waals surface area (Å²) in [5, 5.41) is 10.5. The van der Waals surface area contributed by atoms with Gasteiger partial charge in [-0.2, -0.15) is 5.10 Å². The second-order valence-corrected chi connectivity index (χ2v) is 5.05. The standard InChI is InChI=1S/C13H17BrN4/c14-11-4-2-10(3-5-11)8-12-13(9-17-18-12)16-7-1-6-15/h2-5,9,16H,1,6-8,15H2,(H,17,18). The van der Waals surface area contributed by atoms with Gasteiger partial charge in [0.25, 0.3) is 0 Å². The summed E-state index contributed by atoms with van der Waals surface area (Å²) >= 11 is 3.44. The summed E-state index contributed by atoms with van der Waals surface area (Å²) in [6.45, 7) is 1.58. The van der Waals surface area contributed by atoms with Crippen LogP contribution in [0.4, 0.5) is 5.69 Å². The van der Waals surface area contributed by atoms with Crippen molar-refractivity contribution in [2.75, 3.05) is 18.4 Å². The molecule has 0 aliphatic heterocycles. The first kappa shape index (κ1) is 13.1. The lowest BCUT2D eigenvalue weighted by atomic mass is 10.1. The van der Waals surface area contributed by atoms with Crippen LogP contribution in [-0.4, -0.2) is 23.3 Å². The number of hydrogen-bond donors (Lipinski definition) is 3. The summed E-state index contributed by atoms with van der Waals surface area (Å²) in [6, 6.07) is 8.31. The Bertz CT molecular complexity index is 478. The van der Waals surface area contributed by atoms with Crippen LogP contribution < -0.4 is 11.1 Å². The van der Waals surface area contributed by atoms with Gasteiger partial charge in [-0.15, -0.1) is 0 Å². The summed E-state index contributed by atoms with van der Waals surface area (Å²) in [5.41, 5.74) is 8.90. The molecule has 1 heterocycles. The third kappa shape index (κ3) is 3.58. The van der Waals surface area contributed by atoms with E-state index < -0.39 is 0 Å². The van der Waals surface area contributed by atoms with Gasteiger partial charge in [-0.3, -0.25) is 5.10 Å². The number of aromatic amines is 1. The largest absolute Gasteiger partial charge is 0.382 e. The molecule has 5 heteroatoms. The molecule has 0 aliphatic carbocycles. The van der Waals surface area contributed by atoms with Gasteiger partial charge in [0.05, 0.1) is 17.6 Å². The Labute approximate surface area is 115 Å². The molecule has 0 radical (unpaired) electrons. The molecule has 0 fully saturated rings. The molecular formula is C13H17BrN4. The highest BCUT2D eigenvalue weighted by atomic mass is 79.9. The van der Waals surface area contributed by atoms with E-state index in [2.05, 4.69) is 43.6 Å². The third-order valence-corrected chi connectivity index (χ3v) is 3.24. The predicted molar refractivity (Wildman–Crippen MR) is 77.7 cm³/mol. The van der Waals surface area contributed by atoms with Crippen LogP contribution in [0.3, 0.4) is 0 Å². The van der Waals surface area contributed by atoms with Gasteiger partial charge in [-0.05, 0) is 30.7 Å². The first-order valence-corrected chi connectivity index (χ1v) is 6.79. The topological polar surface area (TPSA) is 66.7 Å². The van der Waals surface area contributed by atoms with E-state index in [0.717, 1.165) is 35.2 Å². The molecule has 0 bridgehead atoms. The lowest BCUT2D eigenvalue weighted by Crippen LogP contribution is -2.09. The summed E-state index contributed by atoms with van der Waals surface area (Å²) in [5.74, 6) is 0. The molecule has 4 N–H and O–H groups in total. The molecule has 1 aromatic carbocycles. The number of halogens is 1. The molecule has 18 heavy (non-hydrogen) atoms. The van der Waals surface area contributed by atoms with Gasteiger partial charge in [0.1, 0.15) is 0 Å². The number of rotatable bonds is 6. The zero-order valence-corrected chi connectivity index (χ0v) is 11.7. The Balaban J connectivity index is 2.00. The van der Waals surface area contributed by atoms with Crippen molar-refractivity contribution in [3.05, 3.63) is 46.2 Å². The predicted octanol–water partition coefficient (Wildman–Crippen LogP) is 2.52. The maximum Gasteiger partial charge on any atom is 0.0759 e. The van der Waals surface area contributed by atoms with Crippen LogP contribution in [0.25, 0.3) is 0 Å². The number of nitrogens with one attached hydrogen (secondary N) is 2. The normalized spacial score (nSPS) is 10.6. The molecule has 0 atom stereocenters. The van der Waals surface area contributed by atoms with Crippen LogP contribution in [-0.2, 0) is 6.42 Å². The average molecular weight is 309 g/mol. The average Bonchev–Trinajstić information content (AvgIpc) is 2.80. The van der Waals surface area contributed by atoms with E-state index in [0.29, 0.717) is 6.54 Å². The first-order valence-electron chi connectivity index (χ1n) is 6.00. The molecule has 2 aromatic rings. The van der Waals surface area contributed by atoms with Crippen molar-refractivity contribution in [1.82, 2.24) is 10.2 Å². The molecule has 0 saturated carbocycles. The minimum Gasteiger partial charge on any atom is -0.382 e. The lowest BCUT2D eigenvalue weighted by molar-refractivity contribution is 0.872. The van der Waals surface area contributed by atoms with Crippen LogP contribution in [0.2, 0.25) is 0 Å². The number of benzene rings is 1. The van der Waals surface area contributed by atoms with Crippen molar-refractivity contribution in [1.29, 1.82) is 0 Å². The Morgan fingerprint density at radius 2 is 2.06 bits per heavy atom. The number of anilines is 1. The Kier molecular flexibility index (Phi) is 4.78. The van der Waals surface area contributed by atoms with Crippen molar-refractivity contribution in [3.63, 3.8) is 0 Å².